The Balaban J connectivity index is 1.25. The van der Waals surface area contributed by atoms with Crippen LogP contribution in [0.5, 0.6) is 0 Å². The molecule has 15 heteroatoms. The Kier molecular flexibility index (Phi) is 14.3. The summed E-state index contributed by atoms with van der Waals surface area (Å²) in [6, 6.07) is 9.67. The van der Waals surface area contributed by atoms with Crippen molar-refractivity contribution in [2.75, 3.05) is 35.0 Å². The third kappa shape index (κ3) is 9.20. The molecule has 5 aliphatic heterocycles. The van der Waals surface area contributed by atoms with Crippen LogP contribution < -0.4 is 0 Å². The molecule has 5 saturated heterocycles. The number of cyclic esters (lactones) is 1. The SMILES string of the molecule is COC1C(O)C(C)OC(O[C@H]2C(OC)COC(O[C@H]3C[C@H]4CC(=O)[C@@]5(O)O[C@H](C[C@H]5C)C(C)(C)[C@@H](/C=C/c5ccccc5)OC(=O)C[C@H](O4)[C@@H]3C)[C@@H]2OC)[C@H]1OC. The molecule has 0 aliphatic carbocycles. The number of ketones is 1. The lowest BCUT2D eigenvalue weighted by Crippen LogP contribution is -2.63. The second-order valence-corrected chi connectivity index (χ2v) is 16.7. The third-order valence-electron chi connectivity index (χ3n) is 12.7. The van der Waals surface area contributed by atoms with Gasteiger partial charge in [0.25, 0.3) is 0 Å². The minimum Gasteiger partial charge on any atom is -0.457 e. The van der Waals surface area contributed by atoms with Gasteiger partial charge in [-0.15, -0.1) is 0 Å². The fourth-order valence-corrected chi connectivity index (χ4v) is 8.85. The zero-order chi connectivity index (χ0) is 41.2. The molecule has 1 aromatic rings. The summed E-state index contributed by atoms with van der Waals surface area (Å²) in [5, 5.41) is 22.6. The lowest BCUT2D eigenvalue weighted by Gasteiger charge is -2.48. The van der Waals surface area contributed by atoms with E-state index < -0.39 is 115 Å². The van der Waals surface area contributed by atoms with Crippen molar-refractivity contribution in [2.24, 2.45) is 17.3 Å². The van der Waals surface area contributed by atoms with Gasteiger partial charge in [-0.05, 0) is 25.0 Å². The molecule has 17 atom stereocenters. The number of esters is 1. The third-order valence-corrected chi connectivity index (χ3v) is 12.7. The zero-order valence-electron chi connectivity index (χ0n) is 34.5. The number of carbonyl (C=O) groups excluding carboxylic acids is 2. The first-order chi connectivity index (χ1) is 27.1. The monoisotopic (exact) mass is 806 g/mol. The van der Waals surface area contributed by atoms with Crippen LogP contribution >= 0.6 is 0 Å². The zero-order valence-corrected chi connectivity index (χ0v) is 34.5. The molecule has 6 unspecified atom stereocenters. The van der Waals surface area contributed by atoms with Crippen LogP contribution in [0.4, 0.5) is 0 Å². The van der Waals surface area contributed by atoms with E-state index in [4.69, 9.17) is 52.1 Å². The Morgan fingerprint density at radius 2 is 1.49 bits per heavy atom. The lowest BCUT2D eigenvalue weighted by atomic mass is 9.77. The topological polar surface area (TPSA) is 176 Å². The van der Waals surface area contributed by atoms with Gasteiger partial charge in [-0.25, -0.2) is 0 Å². The largest absolute Gasteiger partial charge is 0.457 e. The molecule has 1 aromatic carbocycles. The smallest absolute Gasteiger partial charge is 0.309 e. The van der Waals surface area contributed by atoms with Gasteiger partial charge in [0, 0.05) is 58.5 Å². The molecule has 0 saturated carbocycles. The van der Waals surface area contributed by atoms with Gasteiger partial charge in [0.1, 0.15) is 42.7 Å². The van der Waals surface area contributed by atoms with Crippen LogP contribution in [0.3, 0.4) is 0 Å². The number of aliphatic hydroxyl groups excluding tert-OH is 1. The number of methoxy groups -OCH3 is 4. The number of fused-ring (bicyclic) bond motifs is 4. The molecular formula is C42H62O15. The van der Waals surface area contributed by atoms with Crippen molar-refractivity contribution in [3.8, 4) is 0 Å². The first kappa shape index (κ1) is 44.2. The highest BCUT2D eigenvalue weighted by atomic mass is 16.8. The fourth-order valence-electron chi connectivity index (χ4n) is 8.85. The fraction of sp³-hybridized carbons (Fsp3) is 0.762. The summed E-state index contributed by atoms with van der Waals surface area (Å²) in [5.41, 5.74) is 0.106. The van der Waals surface area contributed by atoms with E-state index in [1.807, 2.05) is 63.3 Å². The van der Waals surface area contributed by atoms with Crippen LogP contribution in [0.2, 0.25) is 0 Å². The van der Waals surface area contributed by atoms with Crippen molar-refractivity contribution in [3.05, 3.63) is 42.0 Å². The van der Waals surface area contributed by atoms with Crippen LogP contribution in [0, 0.1) is 17.3 Å². The molecule has 0 amide bonds. The first-order valence-corrected chi connectivity index (χ1v) is 20.0. The molecule has 320 valence electrons. The van der Waals surface area contributed by atoms with Gasteiger partial charge in [-0.1, -0.05) is 64.1 Å². The van der Waals surface area contributed by atoms with Crippen LogP contribution in [0.1, 0.15) is 65.9 Å². The van der Waals surface area contributed by atoms with Crippen molar-refractivity contribution < 1.29 is 71.9 Å². The van der Waals surface area contributed by atoms with Crippen LogP contribution in [-0.2, 0) is 61.7 Å². The van der Waals surface area contributed by atoms with Crippen molar-refractivity contribution in [1.82, 2.24) is 0 Å². The van der Waals surface area contributed by atoms with Gasteiger partial charge < -0.3 is 62.3 Å². The highest BCUT2D eigenvalue weighted by molar-refractivity contribution is 5.86. The number of benzene rings is 1. The predicted molar refractivity (Wildman–Crippen MR) is 202 cm³/mol. The van der Waals surface area contributed by atoms with Gasteiger partial charge >= 0.3 is 5.97 Å². The molecule has 0 radical (unpaired) electrons. The molecular weight excluding hydrogens is 744 g/mol. The van der Waals surface area contributed by atoms with E-state index >= 15 is 0 Å². The van der Waals surface area contributed by atoms with Crippen molar-refractivity contribution in [3.63, 3.8) is 0 Å². The summed E-state index contributed by atoms with van der Waals surface area (Å²) in [6.45, 7) is 9.36. The van der Waals surface area contributed by atoms with E-state index in [0.717, 1.165) is 5.56 Å². The second-order valence-electron chi connectivity index (χ2n) is 16.7. The second kappa shape index (κ2) is 18.5. The van der Waals surface area contributed by atoms with Crippen LogP contribution in [-0.4, -0.2) is 149 Å². The Bertz CT molecular complexity index is 1520. The molecule has 5 fully saturated rings. The summed E-state index contributed by atoms with van der Waals surface area (Å²) in [4.78, 5) is 28.0. The van der Waals surface area contributed by atoms with Crippen molar-refractivity contribution >= 4 is 17.8 Å². The Hall–Kier alpha value is -2.38. The normalized spacial score (nSPS) is 44.2. The predicted octanol–water partition coefficient (Wildman–Crippen LogP) is 3.20. The van der Waals surface area contributed by atoms with E-state index in [9.17, 15) is 19.8 Å². The summed E-state index contributed by atoms with van der Waals surface area (Å²) >= 11 is 0. The Morgan fingerprint density at radius 1 is 0.807 bits per heavy atom. The van der Waals surface area contributed by atoms with Gasteiger partial charge in [-0.2, -0.15) is 0 Å². The molecule has 5 heterocycles. The summed E-state index contributed by atoms with van der Waals surface area (Å²) < 4.78 is 67.6. The number of carbonyl (C=O) groups is 2. The van der Waals surface area contributed by atoms with Crippen LogP contribution in [0.25, 0.3) is 6.08 Å². The molecule has 2 N–H and O–H groups in total. The molecule has 57 heavy (non-hydrogen) atoms. The average Bonchev–Trinajstić information content (AvgIpc) is 3.51. The summed E-state index contributed by atoms with van der Waals surface area (Å²) in [5.74, 6) is -3.95. The van der Waals surface area contributed by atoms with E-state index in [1.54, 1.807) is 13.8 Å². The van der Waals surface area contributed by atoms with Gasteiger partial charge in [0.15, 0.2) is 18.4 Å². The van der Waals surface area contributed by atoms with E-state index in [2.05, 4.69) is 0 Å². The number of hydrogen-bond acceptors (Lipinski definition) is 15. The van der Waals surface area contributed by atoms with Gasteiger partial charge in [0.05, 0.1) is 43.5 Å². The number of Topliss-reactive ketones (excluding diaryl/α,β-unsaturated/α-hetero) is 1. The number of aliphatic hydroxyl groups is 2. The minimum atomic E-state index is -2.06. The first-order valence-electron chi connectivity index (χ1n) is 20.0. The molecule has 5 aliphatic rings. The number of hydrogen-bond donors (Lipinski definition) is 2. The molecule has 6 rings (SSSR count). The number of ether oxygens (including phenoxy) is 11. The molecule has 15 nitrogen and oxygen atoms in total. The molecule has 4 bridgehead atoms. The van der Waals surface area contributed by atoms with E-state index in [1.165, 1.54) is 28.4 Å². The van der Waals surface area contributed by atoms with E-state index in [0.29, 0.717) is 6.42 Å². The number of rotatable bonds is 10. The van der Waals surface area contributed by atoms with Crippen LogP contribution in [0.15, 0.2) is 36.4 Å². The van der Waals surface area contributed by atoms with E-state index in [-0.39, 0.29) is 31.8 Å². The maximum absolute atomic E-state index is 14.1. The Morgan fingerprint density at radius 3 is 2.16 bits per heavy atom. The van der Waals surface area contributed by atoms with Crippen molar-refractivity contribution in [1.29, 1.82) is 0 Å². The average molecular weight is 807 g/mol. The molecule has 0 aromatic heterocycles. The quantitative estimate of drug-likeness (QED) is 0.330. The molecule has 0 spiro atoms. The van der Waals surface area contributed by atoms with Crippen molar-refractivity contribution in [2.45, 2.75) is 152 Å². The Labute approximate surface area is 335 Å². The lowest BCUT2D eigenvalue weighted by molar-refractivity contribution is -0.358. The maximum atomic E-state index is 14.1. The van der Waals surface area contributed by atoms with Gasteiger partial charge in [-0.3, -0.25) is 9.59 Å². The highest BCUT2D eigenvalue weighted by Crippen LogP contribution is 2.47. The standard InChI is InChI=1S/C42H62O15/c1-22-17-32-41(4,5)31(16-15-25-13-11-10-12-14-25)55-33(44)20-28-23(2)27(18-26(53-28)19-30(43)42(22,46)57-32)54-39-37(49-8)35(29(47-6)21-51-39)56-40-38(50-9)36(48-7)34(45)24(3)52-40/h10-16,22-24,26-29,31-32,34-40,45-46H,17-21H2,1-9H3/b16-15+/t22-,23-,24?,26+,27+,28+,29?,31-,32-,34?,35+,36?,37-,38+,39?,40?,42+/m1/s1. The summed E-state index contributed by atoms with van der Waals surface area (Å²) in [6.07, 6.45) is -6.54. The van der Waals surface area contributed by atoms with Gasteiger partial charge in [0.2, 0.25) is 5.79 Å². The minimum absolute atomic E-state index is 0.0777. The highest BCUT2D eigenvalue weighted by Gasteiger charge is 2.57. The maximum Gasteiger partial charge on any atom is 0.309 e. The summed E-state index contributed by atoms with van der Waals surface area (Å²) in [7, 11) is 6.02.